The molecule has 1 N–H and O–H groups in total. The number of sulfonamides is 1. The molecule has 2 aromatic carbocycles. The number of hydrogen-bond donors (Lipinski definition) is 1. The van der Waals surface area contributed by atoms with Crippen molar-refractivity contribution in [3.05, 3.63) is 52.5 Å². The van der Waals surface area contributed by atoms with Crippen LogP contribution < -0.4 is 19.1 Å². The zero-order chi connectivity index (χ0) is 22.5. The van der Waals surface area contributed by atoms with Gasteiger partial charge in [0.1, 0.15) is 24.1 Å². The molecular formula is C21H27ClN2O5S. The number of amides is 1. The highest BCUT2D eigenvalue weighted by Gasteiger charge is 2.29. The molecule has 164 valence electrons. The fraction of sp³-hybridized carbons (Fsp3) is 0.381. The molecule has 2 aromatic rings. The third kappa shape index (κ3) is 5.79. The van der Waals surface area contributed by atoms with E-state index in [1.54, 1.807) is 12.1 Å². The molecule has 0 heterocycles. The van der Waals surface area contributed by atoms with Gasteiger partial charge in [0.05, 0.1) is 30.6 Å². The quantitative estimate of drug-likeness (QED) is 0.587. The summed E-state index contributed by atoms with van der Waals surface area (Å²) in [5.74, 6) is 0.717. The van der Waals surface area contributed by atoms with Crippen LogP contribution in [0.15, 0.2) is 36.4 Å². The summed E-state index contributed by atoms with van der Waals surface area (Å²) in [4.78, 5) is 12.6. The first-order valence-electron chi connectivity index (χ1n) is 9.36. The number of rotatable bonds is 9. The van der Waals surface area contributed by atoms with Crippen LogP contribution in [0.2, 0.25) is 5.02 Å². The van der Waals surface area contributed by atoms with Crippen molar-refractivity contribution >= 4 is 33.2 Å². The van der Waals surface area contributed by atoms with E-state index in [-0.39, 0.29) is 23.9 Å². The van der Waals surface area contributed by atoms with Crippen molar-refractivity contribution in [1.29, 1.82) is 0 Å². The summed E-state index contributed by atoms with van der Waals surface area (Å²) in [5.41, 5.74) is 2.43. The van der Waals surface area contributed by atoms with Crippen LogP contribution >= 0.6 is 11.6 Å². The van der Waals surface area contributed by atoms with Gasteiger partial charge in [0.25, 0.3) is 0 Å². The molecule has 0 radical (unpaired) electrons. The van der Waals surface area contributed by atoms with Gasteiger partial charge in [-0.2, -0.15) is 0 Å². The van der Waals surface area contributed by atoms with Crippen molar-refractivity contribution in [2.24, 2.45) is 0 Å². The van der Waals surface area contributed by atoms with Crippen molar-refractivity contribution in [2.75, 3.05) is 30.8 Å². The van der Waals surface area contributed by atoms with Crippen molar-refractivity contribution in [1.82, 2.24) is 5.32 Å². The van der Waals surface area contributed by atoms with Gasteiger partial charge in [-0.3, -0.25) is 9.10 Å². The number of anilines is 1. The van der Waals surface area contributed by atoms with Gasteiger partial charge in [0, 0.05) is 0 Å². The highest BCUT2D eigenvalue weighted by Crippen LogP contribution is 2.31. The molecule has 0 aliphatic rings. The number of hydrogen-bond acceptors (Lipinski definition) is 5. The van der Waals surface area contributed by atoms with Gasteiger partial charge in [-0.1, -0.05) is 23.7 Å². The Morgan fingerprint density at radius 2 is 1.90 bits per heavy atom. The number of halogens is 1. The first-order chi connectivity index (χ1) is 14.1. The van der Waals surface area contributed by atoms with Gasteiger partial charge in [-0.25, -0.2) is 8.42 Å². The van der Waals surface area contributed by atoms with E-state index in [1.165, 1.54) is 20.1 Å². The molecule has 9 heteroatoms. The summed E-state index contributed by atoms with van der Waals surface area (Å²) in [6.45, 7) is 5.97. The van der Waals surface area contributed by atoms with Crippen molar-refractivity contribution in [3.8, 4) is 11.5 Å². The zero-order valence-electron chi connectivity index (χ0n) is 17.7. The van der Waals surface area contributed by atoms with Crippen LogP contribution in [0.25, 0.3) is 0 Å². The largest absolute Gasteiger partial charge is 0.495 e. The van der Waals surface area contributed by atoms with E-state index in [1.807, 2.05) is 32.0 Å². The number of carbonyl (C=O) groups is 1. The number of aryl methyl sites for hydroxylation is 1. The van der Waals surface area contributed by atoms with Gasteiger partial charge in [0.15, 0.2) is 0 Å². The van der Waals surface area contributed by atoms with E-state index in [4.69, 9.17) is 21.1 Å². The number of ether oxygens (including phenoxy) is 2. The number of carbonyl (C=O) groups excluding carboxylic acids is 1. The van der Waals surface area contributed by atoms with E-state index < -0.39 is 22.0 Å². The lowest BCUT2D eigenvalue weighted by molar-refractivity contribution is -0.121. The average Bonchev–Trinajstić information content (AvgIpc) is 2.67. The van der Waals surface area contributed by atoms with Crippen LogP contribution in [0.4, 0.5) is 5.69 Å². The third-order valence-electron chi connectivity index (χ3n) is 4.69. The lowest BCUT2D eigenvalue weighted by Gasteiger charge is -2.28. The second kappa shape index (κ2) is 10.0. The Kier molecular flexibility index (Phi) is 7.97. The second-order valence-electron chi connectivity index (χ2n) is 6.89. The lowest BCUT2D eigenvalue weighted by atomic mass is 10.1. The summed E-state index contributed by atoms with van der Waals surface area (Å²) in [6.07, 6.45) is 1.04. The van der Waals surface area contributed by atoms with Gasteiger partial charge < -0.3 is 14.8 Å². The molecule has 0 saturated heterocycles. The number of methoxy groups -OCH3 is 1. The third-order valence-corrected chi connectivity index (χ3v) is 6.23. The van der Waals surface area contributed by atoms with Crippen molar-refractivity contribution in [3.63, 3.8) is 0 Å². The summed E-state index contributed by atoms with van der Waals surface area (Å²) in [7, 11) is -2.28. The number of nitrogens with one attached hydrogen (secondary N) is 1. The molecular weight excluding hydrogens is 428 g/mol. The number of nitrogens with zero attached hydrogens (tertiary/aromatic N) is 1. The molecule has 1 atom stereocenters. The summed E-state index contributed by atoms with van der Waals surface area (Å²) >= 11 is 6.13. The highest BCUT2D eigenvalue weighted by atomic mass is 35.5. The Morgan fingerprint density at radius 3 is 2.50 bits per heavy atom. The standard InChI is InChI=1S/C21H27ClN2O5S/c1-14-7-6-8-19(15(14)2)29-12-11-23-21(25)16(3)24(30(5,26)27)17-9-10-20(28-4)18(22)13-17/h6-10,13,16H,11-12H2,1-5H3,(H,23,25)/t16-/m1/s1. The van der Waals surface area contributed by atoms with E-state index in [0.29, 0.717) is 5.75 Å². The zero-order valence-corrected chi connectivity index (χ0v) is 19.3. The molecule has 30 heavy (non-hydrogen) atoms. The van der Waals surface area contributed by atoms with Crippen molar-refractivity contribution < 1.29 is 22.7 Å². The van der Waals surface area contributed by atoms with E-state index in [9.17, 15) is 13.2 Å². The minimum absolute atomic E-state index is 0.234. The molecule has 0 aliphatic heterocycles. The molecule has 0 aromatic heterocycles. The maximum Gasteiger partial charge on any atom is 0.243 e. The van der Waals surface area contributed by atoms with E-state index in [0.717, 1.165) is 27.4 Å². The fourth-order valence-electron chi connectivity index (χ4n) is 2.96. The smallest absolute Gasteiger partial charge is 0.243 e. The molecule has 0 bridgehead atoms. The predicted octanol–water partition coefficient (Wildman–Crippen LogP) is 3.32. The van der Waals surface area contributed by atoms with E-state index >= 15 is 0 Å². The molecule has 1 amide bonds. The molecule has 0 unspecified atom stereocenters. The van der Waals surface area contributed by atoms with Gasteiger partial charge >= 0.3 is 0 Å². The second-order valence-corrected chi connectivity index (χ2v) is 9.16. The van der Waals surface area contributed by atoms with Gasteiger partial charge in [-0.15, -0.1) is 0 Å². The summed E-state index contributed by atoms with van der Waals surface area (Å²) in [6, 6.07) is 9.34. The minimum atomic E-state index is -3.74. The number of benzene rings is 2. The molecule has 0 aliphatic carbocycles. The van der Waals surface area contributed by atoms with E-state index in [2.05, 4.69) is 5.32 Å². The van der Waals surface area contributed by atoms with Crippen LogP contribution in [0, 0.1) is 13.8 Å². The Hall–Kier alpha value is -2.45. The Labute approximate surface area is 183 Å². The highest BCUT2D eigenvalue weighted by molar-refractivity contribution is 7.92. The van der Waals surface area contributed by atoms with Crippen LogP contribution in [-0.2, 0) is 14.8 Å². The van der Waals surface area contributed by atoms with Crippen LogP contribution in [0.5, 0.6) is 11.5 Å². The normalized spacial score (nSPS) is 12.2. The average molecular weight is 455 g/mol. The topological polar surface area (TPSA) is 84.9 Å². The predicted molar refractivity (Wildman–Crippen MR) is 119 cm³/mol. The van der Waals surface area contributed by atoms with Crippen LogP contribution in [0.1, 0.15) is 18.1 Å². The first-order valence-corrected chi connectivity index (χ1v) is 11.6. The fourth-order valence-corrected chi connectivity index (χ4v) is 4.38. The first kappa shape index (κ1) is 23.8. The molecule has 0 saturated carbocycles. The molecule has 0 fully saturated rings. The van der Waals surface area contributed by atoms with Gasteiger partial charge in [-0.05, 0) is 56.2 Å². The van der Waals surface area contributed by atoms with Crippen molar-refractivity contribution in [2.45, 2.75) is 26.8 Å². The molecule has 7 nitrogen and oxygen atoms in total. The maximum absolute atomic E-state index is 12.6. The molecule has 0 spiro atoms. The Bertz CT molecular complexity index is 1010. The Balaban J connectivity index is 2.05. The lowest BCUT2D eigenvalue weighted by Crippen LogP contribution is -2.48. The van der Waals surface area contributed by atoms with Crippen LogP contribution in [-0.4, -0.2) is 46.9 Å². The SMILES string of the molecule is COc1ccc(N([C@H](C)C(=O)NCCOc2cccc(C)c2C)S(C)(=O)=O)cc1Cl. The molecule has 2 rings (SSSR count). The summed E-state index contributed by atoms with van der Waals surface area (Å²) < 4.78 is 36.6. The van der Waals surface area contributed by atoms with Gasteiger partial charge in [0.2, 0.25) is 15.9 Å². The Morgan fingerprint density at radius 1 is 1.20 bits per heavy atom. The van der Waals surface area contributed by atoms with Crippen LogP contribution in [0.3, 0.4) is 0 Å². The monoisotopic (exact) mass is 454 g/mol. The minimum Gasteiger partial charge on any atom is -0.495 e. The summed E-state index contributed by atoms with van der Waals surface area (Å²) in [5, 5.41) is 2.97. The maximum atomic E-state index is 12.6.